The normalized spacial score (nSPS) is 18.9. The predicted molar refractivity (Wildman–Crippen MR) is 56.6 cm³/mol. The highest BCUT2D eigenvalue weighted by molar-refractivity contribution is 5.83. The number of nitrogens with one attached hydrogen (secondary N) is 1. The van der Waals surface area contributed by atoms with Crippen molar-refractivity contribution in [3.63, 3.8) is 0 Å². The van der Waals surface area contributed by atoms with Gasteiger partial charge in [0.1, 0.15) is 6.04 Å². The number of hydrogen-bond acceptors (Lipinski definition) is 4. The lowest BCUT2D eigenvalue weighted by molar-refractivity contribution is -0.142. The number of carboxylic acids is 1. The standard InChI is InChI=1S/C10H18N2O4/c11-7(6-1-2-6)5-9(14)12-8(3-4-13)10(15)16/h6-8,13H,1-5,11H2,(H,12,14)(H,15,16)/t7?,8-/m1/s1. The lowest BCUT2D eigenvalue weighted by atomic mass is 10.1. The minimum Gasteiger partial charge on any atom is -0.480 e. The number of aliphatic carboxylic acids is 1. The number of rotatable bonds is 7. The third-order valence-corrected chi connectivity index (χ3v) is 2.70. The van der Waals surface area contributed by atoms with Gasteiger partial charge >= 0.3 is 5.97 Å². The summed E-state index contributed by atoms with van der Waals surface area (Å²) in [5.41, 5.74) is 5.75. The Bertz CT molecular complexity index is 266. The number of carbonyl (C=O) groups is 2. The Morgan fingerprint density at radius 1 is 1.44 bits per heavy atom. The predicted octanol–water partition coefficient (Wildman–Crippen LogP) is -0.934. The zero-order valence-electron chi connectivity index (χ0n) is 9.06. The monoisotopic (exact) mass is 230 g/mol. The molecule has 0 aromatic heterocycles. The first kappa shape index (κ1) is 12.9. The second-order valence-corrected chi connectivity index (χ2v) is 4.18. The van der Waals surface area contributed by atoms with Crippen molar-refractivity contribution < 1.29 is 19.8 Å². The summed E-state index contributed by atoms with van der Waals surface area (Å²) in [6, 6.07) is -1.20. The van der Waals surface area contributed by atoms with Crippen LogP contribution < -0.4 is 11.1 Å². The number of nitrogens with two attached hydrogens (primary N) is 1. The van der Waals surface area contributed by atoms with Crippen LogP contribution in [0, 0.1) is 5.92 Å². The van der Waals surface area contributed by atoms with Crippen LogP contribution in [-0.4, -0.2) is 40.8 Å². The van der Waals surface area contributed by atoms with E-state index in [2.05, 4.69) is 5.32 Å². The van der Waals surface area contributed by atoms with Crippen molar-refractivity contribution in [2.75, 3.05) is 6.61 Å². The van der Waals surface area contributed by atoms with E-state index in [-0.39, 0.29) is 31.4 Å². The molecular weight excluding hydrogens is 212 g/mol. The lowest BCUT2D eigenvalue weighted by Gasteiger charge is -2.15. The molecule has 0 heterocycles. The molecule has 16 heavy (non-hydrogen) atoms. The van der Waals surface area contributed by atoms with Crippen LogP contribution in [0.25, 0.3) is 0 Å². The smallest absolute Gasteiger partial charge is 0.326 e. The third-order valence-electron chi connectivity index (χ3n) is 2.70. The molecule has 1 fully saturated rings. The molecule has 92 valence electrons. The maximum atomic E-state index is 11.4. The van der Waals surface area contributed by atoms with Crippen molar-refractivity contribution in [2.45, 2.75) is 37.8 Å². The van der Waals surface area contributed by atoms with Crippen LogP contribution in [-0.2, 0) is 9.59 Å². The maximum Gasteiger partial charge on any atom is 0.326 e. The summed E-state index contributed by atoms with van der Waals surface area (Å²) >= 11 is 0. The van der Waals surface area contributed by atoms with Crippen LogP contribution in [0.1, 0.15) is 25.7 Å². The molecule has 2 atom stereocenters. The first-order chi connectivity index (χ1) is 7.54. The molecular formula is C10H18N2O4. The summed E-state index contributed by atoms with van der Waals surface area (Å²) in [4.78, 5) is 22.1. The van der Waals surface area contributed by atoms with Gasteiger partial charge in [-0.25, -0.2) is 4.79 Å². The van der Waals surface area contributed by atoms with Gasteiger partial charge in [0.15, 0.2) is 0 Å². The van der Waals surface area contributed by atoms with E-state index in [1.165, 1.54) is 0 Å². The van der Waals surface area contributed by atoms with Gasteiger partial charge in [0.2, 0.25) is 5.91 Å². The molecule has 1 aliphatic rings. The van der Waals surface area contributed by atoms with E-state index in [4.69, 9.17) is 15.9 Å². The Kier molecular flexibility index (Phi) is 4.70. The number of aliphatic hydroxyl groups is 1. The Hall–Kier alpha value is -1.14. The number of aliphatic hydroxyl groups excluding tert-OH is 1. The van der Waals surface area contributed by atoms with Crippen LogP contribution in [0.4, 0.5) is 0 Å². The number of carbonyl (C=O) groups excluding carboxylic acids is 1. The van der Waals surface area contributed by atoms with E-state index < -0.39 is 12.0 Å². The molecule has 0 saturated heterocycles. The third kappa shape index (κ3) is 4.16. The van der Waals surface area contributed by atoms with Crippen molar-refractivity contribution >= 4 is 11.9 Å². The highest BCUT2D eigenvalue weighted by Crippen LogP contribution is 2.32. The zero-order chi connectivity index (χ0) is 12.1. The molecule has 0 aromatic carbocycles. The summed E-state index contributed by atoms with van der Waals surface area (Å²) in [6.07, 6.45) is 2.26. The Balaban J connectivity index is 2.32. The van der Waals surface area contributed by atoms with Gasteiger partial charge in [-0.3, -0.25) is 4.79 Å². The SMILES string of the molecule is NC(CC(=O)N[C@H](CCO)C(=O)O)C1CC1. The summed E-state index contributed by atoms with van der Waals surface area (Å²) in [6.45, 7) is -0.272. The first-order valence-electron chi connectivity index (χ1n) is 5.43. The Labute approximate surface area is 93.8 Å². The Morgan fingerprint density at radius 2 is 2.06 bits per heavy atom. The van der Waals surface area contributed by atoms with Gasteiger partial charge in [0, 0.05) is 25.5 Å². The van der Waals surface area contributed by atoms with Gasteiger partial charge in [-0.05, 0) is 18.8 Å². The zero-order valence-corrected chi connectivity index (χ0v) is 9.06. The van der Waals surface area contributed by atoms with Crippen LogP contribution in [0.3, 0.4) is 0 Å². The second-order valence-electron chi connectivity index (χ2n) is 4.18. The molecule has 1 rings (SSSR count). The van der Waals surface area contributed by atoms with Crippen LogP contribution in [0.2, 0.25) is 0 Å². The molecule has 0 radical (unpaired) electrons. The summed E-state index contributed by atoms with van der Waals surface area (Å²) in [7, 11) is 0. The molecule has 1 aliphatic carbocycles. The van der Waals surface area contributed by atoms with Gasteiger partial charge in [-0.1, -0.05) is 0 Å². The molecule has 1 unspecified atom stereocenters. The van der Waals surface area contributed by atoms with Crippen LogP contribution in [0.5, 0.6) is 0 Å². The van der Waals surface area contributed by atoms with Gasteiger partial charge in [-0.2, -0.15) is 0 Å². The molecule has 6 heteroatoms. The van der Waals surface area contributed by atoms with Gasteiger partial charge in [0.05, 0.1) is 0 Å². The highest BCUT2D eigenvalue weighted by Gasteiger charge is 2.30. The average Bonchev–Trinajstić information content (AvgIpc) is 2.99. The topological polar surface area (TPSA) is 113 Å². The first-order valence-corrected chi connectivity index (χ1v) is 5.43. The molecule has 0 spiro atoms. The molecule has 0 bridgehead atoms. The van der Waals surface area contributed by atoms with Gasteiger partial charge in [0.25, 0.3) is 0 Å². The lowest BCUT2D eigenvalue weighted by Crippen LogP contribution is -2.43. The van der Waals surface area contributed by atoms with Crippen molar-refractivity contribution in [1.82, 2.24) is 5.32 Å². The van der Waals surface area contributed by atoms with E-state index >= 15 is 0 Å². The summed E-state index contributed by atoms with van der Waals surface area (Å²) < 4.78 is 0. The highest BCUT2D eigenvalue weighted by atomic mass is 16.4. The quantitative estimate of drug-likeness (QED) is 0.451. The number of carboxylic acid groups (broad SMARTS) is 1. The fourth-order valence-electron chi connectivity index (χ4n) is 1.54. The average molecular weight is 230 g/mol. The van der Waals surface area contributed by atoms with Crippen molar-refractivity contribution in [3.05, 3.63) is 0 Å². The van der Waals surface area contributed by atoms with E-state index in [0.29, 0.717) is 5.92 Å². The van der Waals surface area contributed by atoms with Gasteiger partial charge < -0.3 is 21.3 Å². The van der Waals surface area contributed by atoms with E-state index in [1.807, 2.05) is 0 Å². The largest absolute Gasteiger partial charge is 0.480 e. The molecule has 6 nitrogen and oxygen atoms in total. The van der Waals surface area contributed by atoms with E-state index in [1.54, 1.807) is 0 Å². The summed E-state index contributed by atoms with van der Waals surface area (Å²) in [5.74, 6) is -1.09. The molecule has 0 aliphatic heterocycles. The van der Waals surface area contributed by atoms with Crippen molar-refractivity contribution in [2.24, 2.45) is 11.7 Å². The molecule has 1 saturated carbocycles. The van der Waals surface area contributed by atoms with Crippen LogP contribution in [0.15, 0.2) is 0 Å². The van der Waals surface area contributed by atoms with Crippen molar-refractivity contribution in [3.8, 4) is 0 Å². The maximum absolute atomic E-state index is 11.4. The minimum absolute atomic E-state index is 0.0136. The number of amides is 1. The van der Waals surface area contributed by atoms with Crippen LogP contribution >= 0.6 is 0 Å². The van der Waals surface area contributed by atoms with Crippen molar-refractivity contribution in [1.29, 1.82) is 0 Å². The number of hydrogen-bond donors (Lipinski definition) is 4. The Morgan fingerprint density at radius 3 is 2.50 bits per heavy atom. The van der Waals surface area contributed by atoms with E-state index in [9.17, 15) is 9.59 Å². The fraction of sp³-hybridized carbons (Fsp3) is 0.800. The molecule has 1 amide bonds. The molecule has 5 N–H and O–H groups in total. The minimum atomic E-state index is -1.14. The summed E-state index contributed by atoms with van der Waals surface area (Å²) in [5, 5.41) is 19.7. The second kappa shape index (κ2) is 5.81. The van der Waals surface area contributed by atoms with E-state index in [0.717, 1.165) is 12.8 Å². The van der Waals surface area contributed by atoms with Gasteiger partial charge in [-0.15, -0.1) is 0 Å². The fourth-order valence-corrected chi connectivity index (χ4v) is 1.54. The molecule has 0 aromatic rings.